The highest BCUT2D eigenvalue weighted by molar-refractivity contribution is 7.99. The van der Waals surface area contributed by atoms with Crippen LogP contribution in [0.4, 0.5) is 11.4 Å². The monoisotopic (exact) mass is 483 g/mol. The van der Waals surface area contributed by atoms with Crippen LogP contribution in [0, 0.1) is 0 Å². The molecule has 3 amide bonds. The van der Waals surface area contributed by atoms with E-state index in [1.54, 1.807) is 36.4 Å². The third-order valence-electron chi connectivity index (χ3n) is 5.60. The Labute approximate surface area is 206 Å². The third-order valence-corrected chi connectivity index (χ3v) is 6.57. The van der Waals surface area contributed by atoms with Crippen molar-refractivity contribution in [2.75, 3.05) is 16.0 Å². The number of imide groups is 1. The number of nitrogens with one attached hydrogen (secondary N) is 1. The van der Waals surface area contributed by atoms with Gasteiger partial charge in [0.25, 0.3) is 11.8 Å². The van der Waals surface area contributed by atoms with Crippen LogP contribution < -0.4 is 10.2 Å². The largest absolute Gasteiger partial charge is 0.325 e. The third kappa shape index (κ3) is 4.33. The Kier molecular flexibility index (Phi) is 6.15. The van der Waals surface area contributed by atoms with Crippen molar-refractivity contribution in [2.45, 2.75) is 18.6 Å². The maximum atomic E-state index is 12.8. The highest BCUT2D eigenvalue weighted by Crippen LogP contribution is 2.30. The lowest BCUT2D eigenvalue weighted by Gasteiger charge is -2.14. The number of hydrogen-bond acceptors (Lipinski definition) is 6. The first-order valence-electron chi connectivity index (χ1n) is 11.1. The van der Waals surface area contributed by atoms with Crippen molar-refractivity contribution >= 4 is 40.9 Å². The van der Waals surface area contributed by atoms with Crippen molar-refractivity contribution in [1.82, 2.24) is 14.8 Å². The lowest BCUT2D eigenvalue weighted by atomic mass is 10.1. The van der Waals surface area contributed by atoms with E-state index in [4.69, 9.17) is 0 Å². The number of carbonyl (C=O) groups is 3. The quantitative estimate of drug-likeness (QED) is 0.307. The molecule has 174 valence electrons. The zero-order valence-electron chi connectivity index (χ0n) is 18.8. The Balaban J connectivity index is 1.31. The molecule has 0 bridgehead atoms. The minimum atomic E-state index is -0.331. The van der Waals surface area contributed by atoms with Gasteiger partial charge in [-0.05, 0) is 55.5 Å². The minimum absolute atomic E-state index is 0.126. The standard InChI is InChI=1S/C26H21N5O3S/c1-2-30-23(28-29-26(30)35-16-22(32)27-18-8-4-3-5-9-18)17-12-14-19(15-13-17)31-24(33)20-10-6-7-11-21(20)25(31)34/h3-15H,2,16H2,1H3,(H,27,32). The topological polar surface area (TPSA) is 97.2 Å². The first-order chi connectivity index (χ1) is 17.1. The van der Waals surface area contributed by atoms with Crippen LogP contribution >= 0.6 is 11.8 Å². The summed E-state index contributed by atoms with van der Waals surface area (Å²) < 4.78 is 1.93. The van der Waals surface area contributed by atoms with Gasteiger partial charge in [0.1, 0.15) is 0 Å². The van der Waals surface area contributed by atoms with E-state index in [-0.39, 0.29) is 23.5 Å². The smallest absolute Gasteiger partial charge is 0.266 e. The van der Waals surface area contributed by atoms with Crippen LogP contribution in [-0.4, -0.2) is 38.2 Å². The summed E-state index contributed by atoms with van der Waals surface area (Å²) in [4.78, 5) is 39.0. The van der Waals surface area contributed by atoms with Gasteiger partial charge in [0.15, 0.2) is 11.0 Å². The van der Waals surface area contributed by atoms with Crippen molar-refractivity contribution in [3.8, 4) is 11.4 Å². The van der Waals surface area contributed by atoms with Gasteiger partial charge >= 0.3 is 0 Å². The van der Waals surface area contributed by atoms with E-state index in [1.807, 2.05) is 54.0 Å². The Morgan fingerprint density at radius 3 is 2.11 bits per heavy atom. The molecule has 2 heterocycles. The van der Waals surface area contributed by atoms with Gasteiger partial charge < -0.3 is 9.88 Å². The van der Waals surface area contributed by atoms with Gasteiger partial charge in [0.2, 0.25) is 5.91 Å². The Morgan fingerprint density at radius 2 is 1.49 bits per heavy atom. The van der Waals surface area contributed by atoms with E-state index < -0.39 is 0 Å². The number of benzene rings is 3. The second-order valence-corrected chi connectivity index (χ2v) is 8.73. The number of thioether (sulfide) groups is 1. The number of aromatic nitrogens is 3. The zero-order valence-corrected chi connectivity index (χ0v) is 19.7. The number of rotatable bonds is 7. The minimum Gasteiger partial charge on any atom is -0.325 e. The number of amides is 3. The summed E-state index contributed by atoms with van der Waals surface area (Å²) in [6, 6.07) is 23.2. The van der Waals surface area contributed by atoms with Crippen LogP contribution in [-0.2, 0) is 11.3 Å². The van der Waals surface area contributed by atoms with Gasteiger partial charge in [0.05, 0.1) is 22.6 Å². The van der Waals surface area contributed by atoms with Crippen molar-refractivity contribution in [2.24, 2.45) is 0 Å². The Morgan fingerprint density at radius 1 is 0.857 bits per heavy atom. The summed E-state index contributed by atoms with van der Waals surface area (Å²) in [6.07, 6.45) is 0. The predicted octanol–water partition coefficient (Wildman–Crippen LogP) is 4.50. The van der Waals surface area contributed by atoms with Crippen molar-refractivity contribution in [3.05, 3.63) is 90.0 Å². The van der Waals surface area contributed by atoms with Crippen LogP contribution in [0.3, 0.4) is 0 Å². The summed E-state index contributed by atoms with van der Waals surface area (Å²) in [7, 11) is 0. The summed E-state index contributed by atoms with van der Waals surface area (Å²) in [6.45, 7) is 2.60. The van der Waals surface area contributed by atoms with Gasteiger partial charge in [-0.15, -0.1) is 10.2 Å². The molecular weight excluding hydrogens is 462 g/mol. The van der Waals surface area contributed by atoms with E-state index in [0.717, 1.165) is 11.3 Å². The number of para-hydroxylation sites is 1. The molecule has 0 radical (unpaired) electrons. The molecule has 0 fully saturated rings. The molecule has 1 aliphatic heterocycles. The molecule has 0 atom stereocenters. The van der Waals surface area contributed by atoms with E-state index >= 15 is 0 Å². The first kappa shape index (κ1) is 22.5. The molecule has 0 unspecified atom stereocenters. The predicted molar refractivity (Wildman–Crippen MR) is 135 cm³/mol. The number of anilines is 2. The molecule has 0 saturated carbocycles. The van der Waals surface area contributed by atoms with Crippen molar-refractivity contribution < 1.29 is 14.4 Å². The summed E-state index contributed by atoms with van der Waals surface area (Å²) in [5.41, 5.74) is 2.85. The maximum absolute atomic E-state index is 12.8. The fourth-order valence-electron chi connectivity index (χ4n) is 3.93. The molecule has 0 spiro atoms. The molecule has 1 aliphatic rings. The molecule has 1 aromatic heterocycles. The Hall–Kier alpha value is -4.24. The molecule has 9 heteroatoms. The molecule has 3 aromatic carbocycles. The van der Waals surface area contributed by atoms with Crippen molar-refractivity contribution in [1.29, 1.82) is 0 Å². The highest BCUT2D eigenvalue weighted by Gasteiger charge is 2.36. The summed E-state index contributed by atoms with van der Waals surface area (Å²) in [5.74, 6) is 0.0577. The molecule has 35 heavy (non-hydrogen) atoms. The summed E-state index contributed by atoms with van der Waals surface area (Å²) >= 11 is 1.31. The van der Waals surface area contributed by atoms with Crippen LogP contribution in [0.25, 0.3) is 11.4 Å². The van der Waals surface area contributed by atoms with Gasteiger partial charge in [-0.25, -0.2) is 4.90 Å². The van der Waals surface area contributed by atoms with Crippen molar-refractivity contribution in [3.63, 3.8) is 0 Å². The molecular formula is C26H21N5O3S. The van der Waals surface area contributed by atoms with Crippen LogP contribution in [0.15, 0.2) is 84.0 Å². The second-order valence-electron chi connectivity index (χ2n) is 7.79. The number of hydrogen-bond donors (Lipinski definition) is 1. The average molecular weight is 484 g/mol. The fourth-order valence-corrected chi connectivity index (χ4v) is 4.73. The van der Waals surface area contributed by atoms with Crippen LogP contribution in [0.1, 0.15) is 27.6 Å². The second kappa shape index (κ2) is 9.55. The lowest BCUT2D eigenvalue weighted by molar-refractivity contribution is -0.113. The van der Waals surface area contributed by atoms with E-state index in [1.165, 1.54) is 16.7 Å². The fraction of sp³-hybridized carbons (Fsp3) is 0.115. The molecule has 0 aliphatic carbocycles. The normalized spacial score (nSPS) is 12.7. The van der Waals surface area contributed by atoms with Gasteiger partial charge in [-0.2, -0.15) is 0 Å². The lowest BCUT2D eigenvalue weighted by Crippen LogP contribution is -2.29. The van der Waals surface area contributed by atoms with Crippen LogP contribution in [0.5, 0.6) is 0 Å². The van der Waals surface area contributed by atoms with Gasteiger partial charge in [0, 0.05) is 17.8 Å². The first-order valence-corrected chi connectivity index (χ1v) is 12.0. The average Bonchev–Trinajstić information content (AvgIpc) is 3.42. The van der Waals surface area contributed by atoms with Gasteiger partial charge in [-0.1, -0.05) is 42.1 Å². The van der Waals surface area contributed by atoms with E-state index in [2.05, 4.69) is 15.5 Å². The molecule has 1 N–H and O–H groups in total. The van der Waals surface area contributed by atoms with Gasteiger partial charge in [-0.3, -0.25) is 14.4 Å². The van der Waals surface area contributed by atoms with E-state index in [9.17, 15) is 14.4 Å². The maximum Gasteiger partial charge on any atom is 0.266 e. The highest BCUT2D eigenvalue weighted by atomic mass is 32.2. The SMILES string of the molecule is CCn1c(SCC(=O)Nc2ccccc2)nnc1-c1ccc(N2C(=O)c3ccccc3C2=O)cc1. The van der Waals surface area contributed by atoms with E-state index in [0.29, 0.717) is 34.3 Å². The molecule has 5 rings (SSSR count). The van der Waals surface area contributed by atoms with Crippen LogP contribution in [0.2, 0.25) is 0 Å². The zero-order chi connectivity index (χ0) is 24.4. The molecule has 8 nitrogen and oxygen atoms in total. The number of fused-ring (bicyclic) bond motifs is 1. The number of nitrogens with zero attached hydrogens (tertiary/aromatic N) is 4. The molecule has 4 aromatic rings. The molecule has 0 saturated heterocycles. The number of carbonyl (C=O) groups excluding carboxylic acids is 3. The summed E-state index contributed by atoms with van der Waals surface area (Å²) in [5, 5.41) is 12.1. The Bertz CT molecular complexity index is 1380.